The molecule has 0 atom stereocenters. The van der Waals surface area contributed by atoms with E-state index in [-0.39, 0.29) is 6.42 Å². The third-order valence-electron chi connectivity index (χ3n) is 6.68. The molecule has 0 spiro atoms. The van der Waals surface area contributed by atoms with E-state index < -0.39 is 10.3 Å². The molecular weight excluding hydrogens is 458 g/mol. The molecule has 0 saturated heterocycles. The molecule has 4 aromatic carbocycles. The molecule has 0 saturated carbocycles. The van der Waals surface area contributed by atoms with Crippen LogP contribution in [0.2, 0.25) is 0 Å². The summed E-state index contributed by atoms with van der Waals surface area (Å²) in [6.45, 7) is 0. The summed E-state index contributed by atoms with van der Waals surface area (Å²) in [6, 6.07) is 45.5. The van der Waals surface area contributed by atoms with E-state index in [9.17, 15) is 5.11 Å². The van der Waals surface area contributed by atoms with Crippen LogP contribution in [0.5, 0.6) is 0 Å². The van der Waals surface area contributed by atoms with Crippen molar-refractivity contribution in [1.82, 2.24) is 4.98 Å². The fraction of sp³-hybridized carbons (Fsp3) is 0.121. The molecule has 0 bridgehead atoms. The van der Waals surface area contributed by atoms with Gasteiger partial charge in [-0.25, -0.2) is 0 Å². The predicted octanol–water partition coefficient (Wildman–Crippen LogP) is 5.96. The number of hydrogen-bond donors (Lipinski definition) is 0. The largest absolute Gasteiger partial charge is 0.842 e. The van der Waals surface area contributed by atoms with Gasteiger partial charge in [0.25, 0.3) is 0 Å². The standard InChI is InChI=1S/C33H28NOS/c35-32(26-14-5-1-6-15-26,27-16-7-2-8-17-27)24-30-22-13-23-31(34-30)25-33(36,28-18-9-3-10-19-28)29-20-11-4-12-21-29/h1-23,36H,24-25H2/q-1/p-1. The van der Waals surface area contributed by atoms with E-state index in [2.05, 4.69) is 24.3 Å². The first-order valence-corrected chi connectivity index (χ1v) is 12.6. The molecular formula is C33H27NOS-2. The Kier molecular flexibility index (Phi) is 7.04. The number of rotatable bonds is 8. The smallest absolute Gasteiger partial charge is 0.0405 e. The minimum Gasteiger partial charge on any atom is -0.842 e. The summed E-state index contributed by atoms with van der Waals surface area (Å²) in [7, 11) is 0. The van der Waals surface area contributed by atoms with Crippen molar-refractivity contribution in [3.8, 4) is 0 Å². The first kappa shape index (κ1) is 24.1. The zero-order chi connectivity index (χ0) is 24.8. The van der Waals surface area contributed by atoms with Gasteiger partial charge in [0.1, 0.15) is 0 Å². The lowest BCUT2D eigenvalue weighted by Crippen LogP contribution is -2.44. The number of aromatic nitrogens is 1. The van der Waals surface area contributed by atoms with Crippen LogP contribution in [-0.4, -0.2) is 4.98 Å². The molecule has 0 unspecified atom stereocenters. The lowest BCUT2D eigenvalue weighted by molar-refractivity contribution is -0.471. The van der Waals surface area contributed by atoms with E-state index in [0.29, 0.717) is 6.42 Å². The Balaban J connectivity index is 1.52. The van der Waals surface area contributed by atoms with E-state index in [1.165, 1.54) is 0 Å². The monoisotopic (exact) mass is 485 g/mol. The van der Waals surface area contributed by atoms with Gasteiger partial charge < -0.3 is 17.7 Å². The molecule has 1 heterocycles. The SMILES string of the molecule is [O-]C(Cc1cccc(CC([S-])(c2ccccc2)c2ccccc2)n1)(c1ccccc1)c1ccccc1. The molecule has 3 heteroatoms. The third-order valence-corrected chi connectivity index (χ3v) is 7.30. The third kappa shape index (κ3) is 4.99. The molecule has 36 heavy (non-hydrogen) atoms. The predicted molar refractivity (Wildman–Crippen MR) is 146 cm³/mol. The summed E-state index contributed by atoms with van der Waals surface area (Å²) in [6.07, 6.45) is 0.794. The van der Waals surface area contributed by atoms with E-state index in [1.54, 1.807) is 0 Å². The second-order valence-corrected chi connectivity index (χ2v) is 9.79. The summed E-state index contributed by atoms with van der Waals surface area (Å²) in [5.41, 5.74) is 3.77. The van der Waals surface area contributed by atoms with Gasteiger partial charge in [-0.05, 0) is 25.0 Å². The summed E-state index contributed by atoms with van der Waals surface area (Å²) < 4.78 is -0.665. The van der Waals surface area contributed by atoms with Gasteiger partial charge in [-0.3, -0.25) is 4.98 Å². The van der Waals surface area contributed by atoms with Crippen LogP contribution in [0.15, 0.2) is 140 Å². The minimum absolute atomic E-state index is 0.246. The van der Waals surface area contributed by atoms with E-state index in [0.717, 1.165) is 33.6 Å². The molecule has 0 aliphatic carbocycles. The van der Waals surface area contributed by atoms with Crippen LogP contribution in [0.3, 0.4) is 0 Å². The van der Waals surface area contributed by atoms with Gasteiger partial charge in [0, 0.05) is 11.4 Å². The van der Waals surface area contributed by atoms with Crippen LogP contribution in [0.1, 0.15) is 33.6 Å². The normalized spacial score (nSPS) is 11.8. The highest BCUT2D eigenvalue weighted by Crippen LogP contribution is 2.35. The molecule has 1 aromatic heterocycles. The Labute approximate surface area is 218 Å². The molecule has 0 N–H and O–H groups in total. The zero-order valence-electron chi connectivity index (χ0n) is 20.0. The van der Waals surface area contributed by atoms with Gasteiger partial charge in [0.2, 0.25) is 0 Å². The second-order valence-electron chi connectivity index (χ2n) is 9.09. The summed E-state index contributed by atoms with van der Waals surface area (Å²) >= 11 is 6.32. The molecule has 0 amide bonds. The van der Waals surface area contributed by atoms with Crippen LogP contribution < -0.4 is 5.11 Å². The Morgan fingerprint density at radius 3 is 1.25 bits per heavy atom. The van der Waals surface area contributed by atoms with Crippen molar-refractivity contribution in [3.05, 3.63) is 173 Å². The maximum absolute atomic E-state index is 14.5. The van der Waals surface area contributed by atoms with Crippen LogP contribution in [0, 0.1) is 0 Å². The van der Waals surface area contributed by atoms with Crippen molar-refractivity contribution >= 4 is 12.6 Å². The van der Waals surface area contributed by atoms with E-state index in [1.807, 2.05) is 115 Å². The van der Waals surface area contributed by atoms with Gasteiger partial charge in [0.15, 0.2) is 0 Å². The highest BCUT2D eigenvalue weighted by Gasteiger charge is 2.24. The number of benzene rings is 4. The summed E-state index contributed by atoms with van der Waals surface area (Å²) in [5, 5.41) is 14.5. The summed E-state index contributed by atoms with van der Waals surface area (Å²) in [4.78, 5) is 4.98. The molecule has 0 radical (unpaired) electrons. The molecule has 0 fully saturated rings. The van der Waals surface area contributed by atoms with Crippen molar-refractivity contribution in [3.63, 3.8) is 0 Å². The average molecular weight is 486 g/mol. The zero-order valence-corrected chi connectivity index (χ0v) is 20.8. The number of nitrogens with zero attached hydrogens (tertiary/aromatic N) is 1. The van der Waals surface area contributed by atoms with Crippen molar-refractivity contribution in [1.29, 1.82) is 0 Å². The quantitative estimate of drug-likeness (QED) is 0.254. The molecule has 178 valence electrons. The van der Waals surface area contributed by atoms with Gasteiger partial charge in [-0.2, -0.15) is 0 Å². The maximum atomic E-state index is 14.5. The van der Waals surface area contributed by atoms with E-state index in [4.69, 9.17) is 17.6 Å². The topological polar surface area (TPSA) is 36.0 Å². The highest BCUT2D eigenvalue weighted by molar-refractivity contribution is 7.60. The first-order valence-electron chi connectivity index (χ1n) is 12.2. The molecule has 0 aliphatic rings. The van der Waals surface area contributed by atoms with Crippen molar-refractivity contribution in [2.45, 2.75) is 23.2 Å². The average Bonchev–Trinajstić information content (AvgIpc) is 2.95. The van der Waals surface area contributed by atoms with Gasteiger partial charge >= 0.3 is 0 Å². The lowest BCUT2D eigenvalue weighted by Gasteiger charge is -2.43. The van der Waals surface area contributed by atoms with Crippen LogP contribution >= 0.6 is 0 Å². The van der Waals surface area contributed by atoms with Crippen LogP contribution in [0.25, 0.3) is 0 Å². The fourth-order valence-electron chi connectivity index (χ4n) is 4.81. The second kappa shape index (κ2) is 10.5. The Hall–Kier alpha value is -3.66. The summed E-state index contributed by atoms with van der Waals surface area (Å²) in [5.74, 6) is 0. The van der Waals surface area contributed by atoms with Crippen molar-refractivity contribution in [2.75, 3.05) is 0 Å². The van der Waals surface area contributed by atoms with Gasteiger partial charge in [-0.1, -0.05) is 160 Å². The fourth-order valence-corrected chi connectivity index (χ4v) is 5.23. The number of pyridine rings is 1. The van der Waals surface area contributed by atoms with Crippen molar-refractivity contribution in [2.24, 2.45) is 0 Å². The minimum atomic E-state index is -1.45. The molecule has 5 rings (SSSR count). The van der Waals surface area contributed by atoms with Crippen molar-refractivity contribution < 1.29 is 5.11 Å². The Bertz CT molecular complexity index is 1200. The Morgan fingerprint density at radius 1 is 0.472 bits per heavy atom. The van der Waals surface area contributed by atoms with Gasteiger partial charge in [0.05, 0.1) is 0 Å². The van der Waals surface area contributed by atoms with Crippen LogP contribution in [-0.2, 0) is 35.8 Å². The molecule has 0 aliphatic heterocycles. The highest BCUT2D eigenvalue weighted by atomic mass is 32.1. The van der Waals surface area contributed by atoms with E-state index >= 15 is 0 Å². The lowest BCUT2D eigenvalue weighted by atomic mass is 9.82. The maximum Gasteiger partial charge on any atom is 0.0405 e. The van der Waals surface area contributed by atoms with Crippen LogP contribution in [0.4, 0.5) is 0 Å². The van der Waals surface area contributed by atoms with Gasteiger partial charge in [-0.15, -0.1) is 0 Å². The molecule has 2 nitrogen and oxygen atoms in total. The molecule has 5 aromatic rings. The number of hydrogen-bond acceptors (Lipinski definition) is 3. The first-order chi connectivity index (χ1) is 17.6. The Morgan fingerprint density at radius 2 is 0.833 bits per heavy atom.